The summed E-state index contributed by atoms with van der Waals surface area (Å²) in [6.07, 6.45) is 0. The van der Waals surface area contributed by atoms with Gasteiger partial charge in [0.1, 0.15) is 5.03 Å². The molecule has 0 aromatic heterocycles. The third-order valence-corrected chi connectivity index (χ3v) is 3.65. The Labute approximate surface area is 98.9 Å². The summed E-state index contributed by atoms with van der Waals surface area (Å²) in [6, 6.07) is 0. The molecule has 7 heteroatoms. The zero-order valence-electron chi connectivity index (χ0n) is 8.55. The fraction of sp³-hybridized carbons (Fsp3) is 0.625. The van der Waals surface area contributed by atoms with E-state index in [9.17, 15) is 0 Å². The van der Waals surface area contributed by atoms with Crippen LogP contribution in [0.5, 0.6) is 0 Å². The van der Waals surface area contributed by atoms with Crippen LogP contribution in [0.1, 0.15) is 6.92 Å². The first-order valence-corrected chi connectivity index (χ1v) is 6.00. The van der Waals surface area contributed by atoms with Gasteiger partial charge in [-0.1, -0.05) is 12.2 Å². The predicted molar refractivity (Wildman–Crippen MR) is 64.2 cm³/mol. The SMILES string of the molecule is CC1=C(N)SN(C=S)N1N1CCOCC1. The van der Waals surface area contributed by atoms with Gasteiger partial charge in [0.25, 0.3) is 0 Å². The van der Waals surface area contributed by atoms with E-state index < -0.39 is 0 Å². The topological polar surface area (TPSA) is 45.0 Å². The van der Waals surface area contributed by atoms with E-state index in [1.165, 1.54) is 11.9 Å². The van der Waals surface area contributed by atoms with Gasteiger partial charge in [0.15, 0.2) is 0 Å². The molecule has 1 fully saturated rings. The summed E-state index contributed by atoms with van der Waals surface area (Å²) in [5.74, 6) is 0. The third kappa shape index (κ3) is 2.05. The third-order valence-electron chi connectivity index (χ3n) is 2.38. The lowest BCUT2D eigenvalue weighted by molar-refractivity contribution is -0.115. The molecule has 0 spiro atoms. The van der Waals surface area contributed by atoms with Crippen LogP contribution in [0, 0.1) is 0 Å². The Morgan fingerprint density at radius 1 is 1.47 bits per heavy atom. The van der Waals surface area contributed by atoms with Crippen molar-refractivity contribution in [2.45, 2.75) is 6.92 Å². The van der Waals surface area contributed by atoms with E-state index in [-0.39, 0.29) is 0 Å². The van der Waals surface area contributed by atoms with Crippen molar-refractivity contribution in [3.63, 3.8) is 0 Å². The molecule has 0 aliphatic carbocycles. The van der Waals surface area contributed by atoms with E-state index in [0.29, 0.717) is 0 Å². The number of nitrogens with zero attached hydrogens (tertiary/aromatic N) is 3. The van der Waals surface area contributed by atoms with Gasteiger partial charge in [-0.25, -0.2) is 9.53 Å². The minimum Gasteiger partial charge on any atom is -0.391 e. The monoisotopic (exact) mass is 246 g/mol. The van der Waals surface area contributed by atoms with Crippen molar-refractivity contribution in [2.24, 2.45) is 5.73 Å². The first kappa shape index (κ1) is 11.0. The van der Waals surface area contributed by atoms with Crippen LogP contribution in [0.2, 0.25) is 0 Å². The van der Waals surface area contributed by atoms with Gasteiger partial charge in [0.2, 0.25) is 0 Å². The Balaban J connectivity index is 2.13. The van der Waals surface area contributed by atoms with Crippen molar-refractivity contribution in [1.82, 2.24) is 14.5 Å². The molecule has 1 saturated heterocycles. The Hall–Kier alpha value is -0.500. The van der Waals surface area contributed by atoms with Crippen LogP contribution in [0.25, 0.3) is 0 Å². The second-order valence-corrected chi connectivity index (χ2v) is 4.51. The van der Waals surface area contributed by atoms with Crippen molar-refractivity contribution in [3.8, 4) is 0 Å². The number of thiocarbonyl (C=S) groups is 1. The van der Waals surface area contributed by atoms with E-state index in [4.69, 9.17) is 22.7 Å². The molecule has 0 bridgehead atoms. The summed E-state index contributed by atoms with van der Waals surface area (Å²) in [5, 5.41) is 5.01. The van der Waals surface area contributed by atoms with Gasteiger partial charge < -0.3 is 10.5 Å². The van der Waals surface area contributed by atoms with Gasteiger partial charge >= 0.3 is 0 Å². The van der Waals surface area contributed by atoms with Crippen molar-refractivity contribution >= 4 is 29.7 Å². The predicted octanol–water partition coefficient (Wildman–Crippen LogP) is 0.519. The van der Waals surface area contributed by atoms with Gasteiger partial charge in [-0.3, -0.25) is 0 Å². The minimum absolute atomic E-state index is 0.750. The van der Waals surface area contributed by atoms with Crippen LogP contribution in [0.4, 0.5) is 0 Å². The Kier molecular flexibility index (Phi) is 3.35. The molecule has 0 atom stereocenters. The number of hydrogen-bond donors (Lipinski definition) is 1. The van der Waals surface area contributed by atoms with Crippen molar-refractivity contribution < 1.29 is 4.74 Å². The van der Waals surface area contributed by atoms with Gasteiger partial charge in [0, 0.05) is 25.0 Å². The first-order chi connectivity index (χ1) is 7.24. The van der Waals surface area contributed by atoms with E-state index in [1.807, 2.05) is 16.5 Å². The second kappa shape index (κ2) is 4.56. The maximum atomic E-state index is 5.88. The first-order valence-electron chi connectivity index (χ1n) is 4.75. The molecule has 2 heterocycles. The molecule has 2 aliphatic heterocycles. The maximum absolute atomic E-state index is 5.88. The molecule has 2 N–H and O–H groups in total. The maximum Gasteiger partial charge on any atom is 0.111 e. The molecule has 15 heavy (non-hydrogen) atoms. The molecular weight excluding hydrogens is 232 g/mol. The lowest BCUT2D eigenvalue weighted by Gasteiger charge is -2.39. The minimum atomic E-state index is 0.750. The lowest BCUT2D eigenvalue weighted by atomic mass is 10.5. The average Bonchev–Trinajstić information content (AvgIpc) is 2.56. The fourth-order valence-corrected chi connectivity index (χ4v) is 2.58. The largest absolute Gasteiger partial charge is 0.391 e. The van der Waals surface area contributed by atoms with Gasteiger partial charge in [0.05, 0.1) is 24.4 Å². The van der Waals surface area contributed by atoms with Crippen molar-refractivity contribution in [2.75, 3.05) is 26.3 Å². The average molecular weight is 246 g/mol. The van der Waals surface area contributed by atoms with Gasteiger partial charge in [-0.2, -0.15) is 5.01 Å². The van der Waals surface area contributed by atoms with Crippen molar-refractivity contribution in [1.29, 1.82) is 0 Å². The summed E-state index contributed by atoms with van der Waals surface area (Å²) in [5.41, 5.74) is 8.51. The number of rotatable bonds is 2. The molecular formula is C8H14N4OS2. The van der Waals surface area contributed by atoms with Crippen molar-refractivity contribution in [3.05, 3.63) is 10.7 Å². The summed E-state index contributed by atoms with van der Waals surface area (Å²) >= 11 is 6.41. The number of allylic oxidation sites excluding steroid dienone is 1. The normalized spacial score (nSPS) is 23.8. The highest BCUT2D eigenvalue weighted by Gasteiger charge is 2.30. The molecule has 2 aliphatic rings. The summed E-state index contributed by atoms with van der Waals surface area (Å²) in [4.78, 5) is 0. The zero-order valence-corrected chi connectivity index (χ0v) is 10.2. The number of hydrazine groups is 2. The van der Waals surface area contributed by atoms with Gasteiger partial charge in [-0.05, 0) is 6.92 Å². The number of ether oxygens (including phenoxy) is 1. The Bertz CT molecular complexity index is 290. The van der Waals surface area contributed by atoms with E-state index in [2.05, 4.69) is 5.01 Å². The molecule has 0 saturated carbocycles. The lowest BCUT2D eigenvalue weighted by Crippen LogP contribution is -2.51. The highest BCUT2D eigenvalue weighted by Crippen LogP contribution is 2.33. The standard InChI is InChI=1S/C8H14N4OS2/c1-7-8(9)15-11(6-14)12(7)10-2-4-13-5-3-10/h6H,2-5,9H2,1H3. The number of hydrogen-bond acceptors (Lipinski definition) is 6. The molecule has 0 radical (unpaired) electrons. The fourth-order valence-electron chi connectivity index (χ4n) is 1.60. The quantitative estimate of drug-likeness (QED) is 0.563. The molecule has 0 amide bonds. The molecule has 0 unspecified atom stereocenters. The van der Waals surface area contributed by atoms with Crippen LogP contribution >= 0.6 is 24.2 Å². The van der Waals surface area contributed by atoms with Crippen LogP contribution in [0.3, 0.4) is 0 Å². The summed E-state index contributed by atoms with van der Waals surface area (Å²) < 4.78 is 7.18. The van der Waals surface area contributed by atoms with Gasteiger partial charge in [-0.15, -0.1) is 0 Å². The zero-order chi connectivity index (χ0) is 10.8. The van der Waals surface area contributed by atoms with Crippen LogP contribution < -0.4 is 5.73 Å². The Morgan fingerprint density at radius 2 is 2.13 bits per heavy atom. The molecule has 2 rings (SSSR count). The number of nitrogens with two attached hydrogens (primary N) is 1. The molecule has 0 aromatic carbocycles. The Morgan fingerprint density at radius 3 is 2.73 bits per heavy atom. The highest BCUT2D eigenvalue weighted by molar-refractivity contribution is 8.02. The summed E-state index contributed by atoms with van der Waals surface area (Å²) in [7, 11) is 0. The molecule has 5 nitrogen and oxygen atoms in total. The van der Waals surface area contributed by atoms with E-state index >= 15 is 0 Å². The molecule has 0 aromatic rings. The van der Waals surface area contributed by atoms with Crippen LogP contribution in [-0.4, -0.2) is 46.3 Å². The number of morpholine rings is 1. The molecule has 84 valence electrons. The second-order valence-electron chi connectivity index (χ2n) is 3.30. The summed E-state index contributed by atoms with van der Waals surface area (Å²) in [6.45, 7) is 5.23. The highest BCUT2D eigenvalue weighted by atomic mass is 32.2. The van der Waals surface area contributed by atoms with Crippen LogP contribution in [-0.2, 0) is 4.74 Å². The van der Waals surface area contributed by atoms with E-state index in [0.717, 1.165) is 37.0 Å². The van der Waals surface area contributed by atoms with E-state index in [1.54, 1.807) is 5.49 Å². The van der Waals surface area contributed by atoms with Crippen LogP contribution in [0.15, 0.2) is 10.7 Å². The smallest absolute Gasteiger partial charge is 0.111 e.